The maximum Gasteiger partial charge on any atom is 0.331 e. The van der Waals surface area contributed by atoms with Gasteiger partial charge in [-0.15, -0.1) is 0 Å². The summed E-state index contributed by atoms with van der Waals surface area (Å²) in [5, 5.41) is 22.2. The third kappa shape index (κ3) is 7.26. The van der Waals surface area contributed by atoms with E-state index in [1.807, 2.05) is 13.8 Å². The number of hydrogen-bond donors (Lipinski definition) is 3. The molecule has 0 heterocycles. The largest absolute Gasteiger partial charge is 0.512 e. The lowest BCUT2D eigenvalue weighted by molar-refractivity contribution is -0.150. The molecule has 8 nitrogen and oxygen atoms in total. The number of aliphatic hydroxyl groups excluding tert-OH is 2. The maximum atomic E-state index is 12.0. The van der Waals surface area contributed by atoms with Crippen LogP contribution in [0.5, 0.6) is 0 Å². The van der Waals surface area contributed by atoms with Crippen LogP contribution in [0, 0.1) is 11.8 Å². The van der Waals surface area contributed by atoms with Crippen molar-refractivity contribution in [2.45, 2.75) is 59.2 Å². The Labute approximate surface area is 164 Å². The first-order valence-corrected chi connectivity index (χ1v) is 9.31. The number of amides is 1. The molecule has 0 aromatic rings. The standard InChI is InChI=1S/C20H29NO7/c1-11(2)20(27)13(4)17(9-12(3)22)28-19(26)8-7-18(25)21-10-14-15(23)5-6-16(14)24/h7-8,11,13,17,20,23,27H,5-6,9-10H2,1-4H3,(H,21,25)/b8-7+. The predicted octanol–water partition coefficient (Wildman–Crippen LogP) is 1.38. The summed E-state index contributed by atoms with van der Waals surface area (Å²) in [5.41, 5.74) is 0.169. The van der Waals surface area contributed by atoms with E-state index in [-0.39, 0.29) is 54.6 Å². The van der Waals surface area contributed by atoms with Gasteiger partial charge < -0.3 is 20.3 Å². The van der Waals surface area contributed by atoms with E-state index in [4.69, 9.17) is 4.74 Å². The fourth-order valence-corrected chi connectivity index (χ4v) is 2.91. The molecule has 1 aliphatic carbocycles. The van der Waals surface area contributed by atoms with Gasteiger partial charge in [-0.2, -0.15) is 0 Å². The van der Waals surface area contributed by atoms with E-state index in [0.717, 1.165) is 12.2 Å². The molecule has 1 aliphatic rings. The molecule has 8 heteroatoms. The minimum Gasteiger partial charge on any atom is -0.512 e. The second-order valence-electron chi connectivity index (χ2n) is 7.37. The zero-order chi connectivity index (χ0) is 21.4. The predicted molar refractivity (Wildman–Crippen MR) is 101 cm³/mol. The molecule has 3 unspecified atom stereocenters. The van der Waals surface area contributed by atoms with Gasteiger partial charge in [0.05, 0.1) is 11.7 Å². The van der Waals surface area contributed by atoms with E-state index in [1.165, 1.54) is 6.92 Å². The van der Waals surface area contributed by atoms with Crippen LogP contribution in [0.2, 0.25) is 0 Å². The number of esters is 1. The molecule has 1 rings (SSSR count). The summed E-state index contributed by atoms with van der Waals surface area (Å²) in [6.07, 6.45) is 0.755. The summed E-state index contributed by atoms with van der Waals surface area (Å²) in [5.74, 6) is -2.41. The molecule has 0 aliphatic heterocycles. The number of allylic oxidation sites excluding steroid dienone is 1. The maximum absolute atomic E-state index is 12.0. The van der Waals surface area contributed by atoms with Crippen molar-refractivity contribution in [1.29, 1.82) is 0 Å². The van der Waals surface area contributed by atoms with Crippen molar-refractivity contribution in [3.8, 4) is 0 Å². The number of aliphatic hydroxyl groups is 2. The number of rotatable bonds is 10. The van der Waals surface area contributed by atoms with Crippen LogP contribution in [-0.2, 0) is 23.9 Å². The Morgan fingerprint density at radius 3 is 2.32 bits per heavy atom. The van der Waals surface area contributed by atoms with E-state index in [9.17, 15) is 29.4 Å². The molecule has 0 saturated heterocycles. The van der Waals surface area contributed by atoms with Crippen LogP contribution in [-0.4, -0.2) is 52.4 Å². The Hall–Kier alpha value is -2.48. The molecule has 28 heavy (non-hydrogen) atoms. The SMILES string of the molecule is CC(=O)CC(OC(=O)/C=C/C(=O)NCC1=C(O)CCC1=O)C(C)C(O)C(C)C. The van der Waals surface area contributed by atoms with Crippen LogP contribution >= 0.6 is 0 Å². The molecule has 156 valence electrons. The number of ether oxygens (including phenoxy) is 1. The average molecular weight is 395 g/mol. The highest BCUT2D eigenvalue weighted by Gasteiger charge is 2.30. The Bertz CT molecular complexity index is 678. The summed E-state index contributed by atoms with van der Waals surface area (Å²) in [7, 11) is 0. The number of carbonyl (C=O) groups is 4. The van der Waals surface area contributed by atoms with Crippen molar-refractivity contribution in [3.63, 3.8) is 0 Å². The number of hydrogen-bond acceptors (Lipinski definition) is 7. The van der Waals surface area contributed by atoms with Gasteiger partial charge in [0.2, 0.25) is 5.91 Å². The first kappa shape index (κ1) is 23.6. The van der Waals surface area contributed by atoms with E-state index >= 15 is 0 Å². The van der Waals surface area contributed by atoms with Crippen LogP contribution < -0.4 is 5.32 Å². The van der Waals surface area contributed by atoms with Gasteiger partial charge in [-0.1, -0.05) is 20.8 Å². The van der Waals surface area contributed by atoms with E-state index in [0.29, 0.717) is 0 Å². The van der Waals surface area contributed by atoms with E-state index < -0.39 is 30.0 Å². The van der Waals surface area contributed by atoms with Crippen LogP contribution in [0.15, 0.2) is 23.5 Å². The van der Waals surface area contributed by atoms with E-state index in [1.54, 1.807) is 6.92 Å². The Balaban J connectivity index is 2.62. The number of Topliss-reactive ketones (excluding diaryl/α,β-unsaturated/α-hetero) is 2. The summed E-state index contributed by atoms with van der Waals surface area (Å²) in [6.45, 7) is 6.59. The van der Waals surface area contributed by atoms with E-state index in [2.05, 4.69) is 5.32 Å². The molecule has 0 radical (unpaired) electrons. The zero-order valence-electron chi connectivity index (χ0n) is 16.7. The van der Waals surface area contributed by atoms with Crippen molar-refractivity contribution < 1.29 is 34.1 Å². The smallest absolute Gasteiger partial charge is 0.331 e. The van der Waals surface area contributed by atoms with Crippen molar-refractivity contribution >= 4 is 23.4 Å². The van der Waals surface area contributed by atoms with Crippen LogP contribution in [0.1, 0.15) is 47.0 Å². The zero-order valence-corrected chi connectivity index (χ0v) is 16.7. The Morgan fingerprint density at radius 2 is 1.82 bits per heavy atom. The fourth-order valence-electron chi connectivity index (χ4n) is 2.91. The minimum absolute atomic E-state index is 0.0292. The second kappa shape index (κ2) is 10.8. The minimum atomic E-state index is -0.816. The molecule has 1 amide bonds. The quantitative estimate of drug-likeness (QED) is 0.376. The normalized spacial score (nSPS) is 17.7. The monoisotopic (exact) mass is 395 g/mol. The molecular weight excluding hydrogens is 366 g/mol. The summed E-state index contributed by atoms with van der Waals surface area (Å²) in [4.78, 5) is 46.8. The van der Waals surface area contributed by atoms with Crippen molar-refractivity contribution in [1.82, 2.24) is 5.32 Å². The van der Waals surface area contributed by atoms with Gasteiger partial charge in [0, 0.05) is 43.9 Å². The van der Waals surface area contributed by atoms with Gasteiger partial charge >= 0.3 is 5.97 Å². The summed E-state index contributed by atoms with van der Waals surface area (Å²) >= 11 is 0. The fraction of sp³-hybridized carbons (Fsp3) is 0.600. The molecular formula is C20H29NO7. The Kier molecular flexibility index (Phi) is 9.05. The molecule has 3 N–H and O–H groups in total. The summed E-state index contributed by atoms with van der Waals surface area (Å²) < 4.78 is 5.27. The average Bonchev–Trinajstić information content (AvgIpc) is 2.93. The van der Waals surface area contributed by atoms with Gasteiger partial charge in [0.15, 0.2) is 5.78 Å². The highest BCUT2D eigenvalue weighted by molar-refractivity contribution is 6.00. The highest BCUT2D eigenvalue weighted by atomic mass is 16.5. The molecule has 0 spiro atoms. The van der Waals surface area contributed by atoms with Crippen LogP contribution in [0.25, 0.3) is 0 Å². The van der Waals surface area contributed by atoms with Crippen molar-refractivity contribution in [2.75, 3.05) is 6.54 Å². The molecule has 3 atom stereocenters. The van der Waals surface area contributed by atoms with Gasteiger partial charge in [0.1, 0.15) is 17.6 Å². The van der Waals surface area contributed by atoms with Crippen LogP contribution in [0.4, 0.5) is 0 Å². The van der Waals surface area contributed by atoms with Crippen LogP contribution in [0.3, 0.4) is 0 Å². The number of carbonyl (C=O) groups excluding carboxylic acids is 4. The molecule has 0 aromatic heterocycles. The number of nitrogens with one attached hydrogen (secondary N) is 1. The van der Waals surface area contributed by atoms with Gasteiger partial charge in [-0.25, -0.2) is 4.79 Å². The molecule has 0 saturated carbocycles. The first-order valence-electron chi connectivity index (χ1n) is 9.31. The molecule has 0 fully saturated rings. The second-order valence-corrected chi connectivity index (χ2v) is 7.37. The van der Waals surface area contributed by atoms with Gasteiger partial charge in [-0.3, -0.25) is 14.4 Å². The third-order valence-electron chi connectivity index (χ3n) is 4.65. The lowest BCUT2D eigenvalue weighted by Crippen LogP contribution is -2.37. The topological polar surface area (TPSA) is 130 Å². The van der Waals surface area contributed by atoms with Crippen molar-refractivity contribution in [2.24, 2.45) is 11.8 Å². The summed E-state index contributed by atoms with van der Waals surface area (Å²) in [6, 6.07) is 0. The third-order valence-corrected chi connectivity index (χ3v) is 4.65. The molecule has 0 bridgehead atoms. The molecule has 0 aromatic carbocycles. The first-order chi connectivity index (χ1) is 13.0. The Morgan fingerprint density at radius 1 is 1.18 bits per heavy atom. The van der Waals surface area contributed by atoms with Crippen molar-refractivity contribution in [3.05, 3.63) is 23.5 Å². The number of ketones is 2. The highest BCUT2D eigenvalue weighted by Crippen LogP contribution is 2.22. The van der Waals surface area contributed by atoms with Gasteiger partial charge in [0.25, 0.3) is 0 Å². The lowest BCUT2D eigenvalue weighted by atomic mass is 9.88. The van der Waals surface area contributed by atoms with Gasteiger partial charge in [-0.05, 0) is 12.8 Å². The lowest BCUT2D eigenvalue weighted by Gasteiger charge is -2.29.